The average molecular weight is 276 g/mol. The maximum Gasteiger partial charge on any atom is 0.233 e. The smallest absolute Gasteiger partial charge is 0.212 e. The van der Waals surface area contributed by atoms with E-state index in [9.17, 15) is 16.8 Å². The van der Waals surface area contributed by atoms with E-state index in [4.69, 9.17) is 10.7 Å². The molecule has 1 heterocycles. The Kier molecular flexibility index (Phi) is 4.39. The van der Waals surface area contributed by atoms with Gasteiger partial charge in [0, 0.05) is 23.8 Å². The van der Waals surface area contributed by atoms with Crippen molar-refractivity contribution in [3.8, 4) is 0 Å². The molecule has 0 aliphatic carbocycles. The Balaban J connectivity index is 2.58. The lowest BCUT2D eigenvalue weighted by Crippen LogP contribution is -2.38. The van der Waals surface area contributed by atoms with E-state index >= 15 is 0 Å². The molecule has 1 rings (SSSR count). The summed E-state index contributed by atoms with van der Waals surface area (Å²) in [7, 11) is -2.21. The predicted octanol–water partition coefficient (Wildman–Crippen LogP) is 0.371. The summed E-state index contributed by atoms with van der Waals surface area (Å²) < 4.78 is 45.9. The summed E-state index contributed by atoms with van der Waals surface area (Å²) >= 11 is 0. The van der Waals surface area contributed by atoms with Gasteiger partial charge in [-0.2, -0.15) is 0 Å². The van der Waals surface area contributed by atoms with Crippen LogP contribution in [0.3, 0.4) is 0 Å². The van der Waals surface area contributed by atoms with E-state index in [0.29, 0.717) is 13.1 Å². The lowest BCUT2D eigenvalue weighted by molar-refractivity contribution is 0.347. The highest BCUT2D eigenvalue weighted by Gasteiger charge is 2.25. The average Bonchev–Trinajstić information content (AvgIpc) is 2.16. The van der Waals surface area contributed by atoms with E-state index in [-0.39, 0.29) is 0 Å². The SMILES string of the molecule is O=S(=O)(Cl)CCS(=O)(=O)N1CCCCC1. The third-order valence-electron chi connectivity index (χ3n) is 2.29. The van der Waals surface area contributed by atoms with Gasteiger partial charge in [-0.05, 0) is 12.8 Å². The van der Waals surface area contributed by atoms with E-state index in [1.807, 2.05) is 0 Å². The minimum absolute atomic E-state index is 0.418. The largest absolute Gasteiger partial charge is 0.233 e. The minimum atomic E-state index is -3.73. The molecule has 0 aromatic carbocycles. The van der Waals surface area contributed by atoms with Crippen LogP contribution in [0.5, 0.6) is 0 Å². The van der Waals surface area contributed by atoms with Crippen molar-refractivity contribution in [2.45, 2.75) is 19.3 Å². The Morgan fingerprint density at radius 2 is 1.47 bits per heavy atom. The quantitative estimate of drug-likeness (QED) is 0.695. The molecule has 1 aliphatic rings. The monoisotopic (exact) mass is 275 g/mol. The van der Waals surface area contributed by atoms with Crippen molar-refractivity contribution in [2.24, 2.45) is 0 Å². The molecule has 8 heteroatoms. The highest BCUT2D eigenvalue weighted by Crippen LogP contribution is 2.14. The van der Waals surface area contributed by atoms with Crippen molar-refractivity contribution in [3.05, 3.63) is 0 Å². The second kappa shape index (κ2) is 4.99. The molecule has 0 N–H and O–H groups in total. The first-order chi connectivity index (χ1) is 6.81. The molecule has 0 aromatic rings. The maximum absolute atomic E-state index is 11.6. The van der Waals surface area contributed by atoms with Gasteiger partial charge in [-0.15, -0.1) is 0 Å². The van der Waals surface area contributed by atoms with Crippen molar-refractivity contribution >= 4 is 29.8 Å². The molecule has 1 aliphatic heterocycles. The molecule has 0 amide bonds. The van der Waals surface area contributed by atoms with Crippen molar-refractivity contribution in [3.63, 3.8) is 0 Å². The number of piperidine rings is 1. The van der Waals surface area contributed by atoms with Crippen LogP contribution in [0.2, 0.25) is 0 Å². The zero-order valence-electron chi connectivity index (χ0n) is 8.22. The van der Waals surface area contributed by atoms with Gasteiger partial charge in [0.1, 0.15) is 0 Å². The van der Waals surface area contributed by atoms with Gasteiger partial charge in [0.05, 0.1) is 11.5 Å². The summed E-state index contributed by atoms with van der Waals surface area (Å²) in [5.74, 6) is -0.938. The van der Waals surface area contributed by atoms with Crippen LogP contribution in [0.25, 0.3) is 0 Å². The van der Waals surface area contributed by atoms with Crippen LogP contribution in [0.15, 0.2) is 0 Å². The van der Waals surface area contributed by atoms with Crippen LogP contribution in [0, 0.1) is 0 Å². The Hall–Kier alpha value is 0.150. The van der Waals surface area contributed by atoms with Gasteiger partial charge in [-0.25, -0.2) is 21.1 Å². The van der Waals surface area contributed by atoms with Gasteiger partial charge in [0.15, 0.2) is 0 Å². The number of sulfonamides is 1. The molecule has 0 spiro atoms. The molecule has 15 heavy (non-hydrogen) atoms. The lowest BCUT2D eigenvalue weighted by atomic mass is 10.2. The first-order valence-electron chi connectivity index (χ1n) is 4.71. The summed E-state index contributed by atoms with van der Waals surface area (Å²) in [6, 6.07) is 0. The van der Waals surface area contributed by atoms with E-state index < -0.39 is 30.6 Å². The van der Waals surface area contributed by atoms with Crippen molar-refractivity contribution in [1.82, 2.24) is 4.31 Å². The molecule has 1 fully saturated rings. The van der Waals surface area contributed by atoms with Gasteiger partial charge < -0.3 is 0 Å². The van der Waals surface area contributed by atoms with Gasteiger partial charge in [0.2, 0.25) is 19.1 Å². The molecular weight excluding hydrogens is 262 g/mol. The third-order valence-corrected chi connectivity index (χ3v) is 5.58. The van der Waals surface area contributed by atoms with Crippen LogP contribution >= 0.6 is 10.7 Å². The second-order valence-corrected chi connectivity index (χ2v) is 8.50. The molecule has 0 aromatic heterocycles. The van der Waals surface area contributed by atoms with E-state index in [0.717, 1.165) is 19.3 Å². The zero-order valence-corrected chi connectivity index (χ0v) is 10.6. The standard InChI is InChI=1S/C7H14ClNO4S2/c8-14(10,11)6-7-15(12,13)9-4-2-1-3-5-9/h1-7H2. The molecule has 5 nitrogen and oxygen atoms in total. The van der Waals surface area contributed by atoms with Crippen molar-refractivity contribution < 1.29 is 16.8 Å². The Labute approximate surface area is 94.9 Å². The number of halogens is 1. The first-order valence-corrected chi connectivity index (χ1v) is 8.80. The highest BCUT2D eigenvalue weighted by molar-refractivity contribution is 8.14. The molecule has 0 radical (unpaired) electrons. The molecule has 0 atom stereocenters. The van der Waals surface area contributed by atoms with Gasteiger partial charge >= 0.3 is 0 Å². The van der Waals surface area contributed by atoms with E-state index in [1.54, 1.807) is 0 Å². The van der Waals surface area contributed by atoms with Crippen LogP contribution in [-0.2, 0) is 19.1 Å². The number of nitrogens with zero attached hydrogens (tertiary/aromatic N) is 1. The molecule has 0 unspecified atom stereocenters. The third kappa shape index (κ3) is 4.67. The zero-order chi connectivity index (χ0) is 11.5. The molecule has 0 saturated carbocycles. The van der Waals surface area contributed by atoms with Gasteiger partial charge in [-0.1, -0.05) is 6.42 Å². The Morgan fingerprint density at radius 3 is 1.93 bits per heavy atom. The Morgan fingerprint density at radius 1 is 0.933 bits per heavy atom. The fourth-order valence-electron chi connectivity index (χ4n) is 1.48. The maximum atomic E-state index is 11.6. The Bertz CT molecular complexity index is 397. The second-order valence-electron chi connectivity index (χ2n) is 3.52. The van der Waals surface area contributed by atoms with Crippen LogP contribution < -0.4 is 0 Å². The van der Waals surface area contributed by atoms with Crippen molar-refractivity contribution in [1.29, 1.82) is 0 Å². The van der Waals surface area contributed by atoms with Crippen LogP contribution in [-0.4, -0.2) is 45.7 Å². The topological polar surface area (TPSA) is 71.5 Å². The summed E-state index contributed by atoms with van der Waals surface area (Å²) in [4.78, 5) is 0. The normalized spacial score (nSPS) is 20.3. The fourth-order valence-corrected chi connectivity index (χ4v) is 4.76. The molecule has 0 bridgehead atoms. The lowest BCUT2D eigenvalue weighted by Gasteiger charge is -2.25. The van der Waals surface area contributed by atoms with E-state index in [2.05, 4.69) is 0 Å². The summed E-state index contributed by atoms with van der Waals surface area (Å²) in [6.45, 7) is 0.981. The van der Waals surface area contributed by atoms with Gasteiger partial charge in [-0.3, -0.25) is 0 Å². The van der Waals surface area contributed by atoms with E-state index in [1.165, 1.54) is 4.31 Å². The molecule has 1 saturated heterocycles. The van der Waals surface area contributed by atoms with Crippen molar-refractivity contribution in [2.75, 3.05) is 24.6 Å². The summed E-state index contributed by atoms with van der Waals surface area (Å²) in [5, 5.41) is 0. The first kappa shape index (κ1) is 13.2. The summed E-state index contributed by atoms with van der Waals surface area (Å²) in [5.41, 5.74) is 0. The molecular formula is C7H14ClNO4S2. The number of hydrogen-bond acceptors (Lipinski definition) is 4. The highest BCUT2D eigenvalue weighted by atomic mass is 35.7. The predicted molar refractivity (Wildman–Crippen MR) is 58.9 cm³/mol. The summed E-state index contributed by atoms with van der Waals surface area (Å²) in [6.07, 6.45) is 2.71. The minimum Gasteiger partial charge on any atom is -0.212 e. The van der Waals surface area contributed by atoms with Crippen LogP contribution in [0.1, 0.15) is 19.3 Å². The number of rotatable bonds is 4. The fraction of sp³-hybridized carbons (Fsp3) is 1.00. The van der Waals surface area contributed by atoms with Gasteiger partial charge in [0.25, 0.3) is 0 Å². The van der Waals surface area contributed by atoms with Crippen LogP contribution in [0.4, 0.5) is 0 Å². The molecule has 90 valence electrons. The number of hydrogen-bond donors (Lipinski definition) is 0.